The van der Waals surface area contributed by atoms with Gasteiger partial charge in [0.2, 0.25) is 5.89 Å². The normalized spacial score (nSPS) is 24.4. The molecule has 2 heterocycles. The average molecular weight is 244 g/mol. The molecule has 90 valence electrons. The van der Waals surface area contributed by atoms with E-state index in [1.165, 1.54) is 6.26 Å². The van der Waals surface area contributed by atoms with E-state index in [4.69, 9.17) is 10.2 Å². The highest BCUT2D eigenvalue weighted by molar-refractivity contribution is 7.91. The second-order valence-electron chi connectivity index (χ2n) is 4.07. The number of hydrogen-bond acceptors (Lipinski definition) is 5. The fourth-order valence-electron chi connectivity index (χ4n) is 1.97. The molecule has 0 spiro atoms. The van der Waals surface area contributed by atoms with Gasteiger partial charge in [-0.3, -0.25) is 0 Å². The molecule has 0 radical (unpaired) electrons. The zero-order valence-corrected chi connectivity index (χ0v) is 9.87. The molecule has 0 bridgehead atoms. The largest absolute Gasteiger partial charge is 0.447 e. The Labute approximate surface area is 95.0 Å². The van der Waals surface area contributed by atoms with Gasteiger partial charge in [-0.25, -0.2) is 13.4 Å². The summed E-state index contributed by atoms with van der Waals surface area (Å²) >= 11 is 0. The lowest BCUT2D eigenvalue weighted by Crippen LogP contribution is -2.21. The zero-order valence-electron chi connectivity index (χ0n) is 9.05. The topological polar surface area (TPSA) is 86.2 Å². The van der Waals surface area contributed by atoms with Crippen LogP contribution in [0.1, 0.15) is 36.1 Å². The minimum absolute atomic E-state index is 0.242. The minimum Gasteiger partial charge on any atom is -0.447 e. The van der Waals surface area contributed by atoms with Gasteiger partial charge in [0.05, 0.1) is 11.4 Å². The van der Waals surface area contributed by atoms with Gasteiger partial charge in [0.15, 0.2) is 9.84 Å². The summed E-state index contributed by atoms with van der Waals surface area (Å²) in [6, 6.07) is 0. The average Bonchev–Trinajstić information content (AvgIpc) is 2.66. The predicted molar refractivity (Wildman–Crippen MR) is 59.6 cm³/mol. The molecule has 1 aliphatic heterocycles. The second-order valence-corrected chi connectivity index (χ2v) is 6.37. The van der Waals surface area contributed by atoms with Gasteiger partial charge in [-0.15, -0.1) is 0 Å². The SMILES string of the molecule is NCCc1coc(C2CCCCS2(=O)=O)n1. The third-order valence-corrected chi connectivity index (χ3v) is 4.99. The summed E-state index contributed by atoms with van der Waals surface area (Å²) in [6.07, 6.45) is 4.40. The van der Waals surface area contributed by atoms with E-state index < -0.39 is 15.1 Å². The van der Waals surface area contributed by atoms with Crippen LogP contribution in [0.2, 0.25) is 0 Å². The minimum atomic E-state index is -3.07. The van der Waals surface area contributed by atoms with E-state index in [2.05, 4.69) is 4.98 Å². The van der Waals surface area contributed by atoms with E-state index in [0.717, 1.165) is 18.5 Å². The fraction of sp³-hybridized carbons (Fsp3) is 0.700. The molecule has 1 aromatic rings. The molecule has 5 nitrogen and oxygen atoms in total. The monoisotopic (exact) mass is 244 g/mol. The van der Waals surface area contributed by atoms with Gasteiger partial charge >= 0.3 is 0 Å². The van der Waals surface area contributed by atoms with Crippen molar-refractivity contribution >= 4 is 9.84 Å². The van der Waals surface area contributed by atoms with Crippen molar-refractivity contribution in [2.24, 2.45) is 5.73 Å². The van der Waals surface area contributed by atoms with Crippen LogP contribution in [0.15, 0.2) is 10.7 Å². The Hall–Kier alpha value is -0.880. The van der Waals surface area contributed by atoms with Crippen molar-refractivity contribution in [3.05, 3.63) is 17.8 Å². The third-order valence-electron chi connectivity index (χ3n) is 2.82. The van der Waals surface area contributed by atoms with Gasteiger partial charge in [-0.1, -0.05) is 6.42 Å². The van der Waals surface area contributed by atoms with Crippen LogP contribution >= 0.6 is 0 Å². The molecule has 1 atom stereocenters. The van der Waals surface area contributed by atoms with E-state index in [0.29, 0.717) is 25.3 Å². The third kappa shape index (κ3) is 2.27. The van der Waals surface area contributed by atoms with E-state index in [9.17, 15) is 8.42 Å². The van der Waals surface area contributed by atoms with Crippen LogP contribution in [0.5, 0.6) is 0 Å². The molecule has 16 heavy (non-hydrogen) atoms. The number of aromatic nitrogens is 1. The molecule has 2 N–H and O–H groups in total. The van der Waals surface area contributed by atoms with Crippen LogP contribution in [-0.4, -0.2) is 25.7 Å². The number of nitrogens with two attached hydrogens (primary N) is 1. The molecule has 6 heteroatoms. The van der Waals surface area contributed by atoms with Crippen molar-refractivity contribution in [1.29, 1.82) is 0 Å². The Bertz CT molecular complexity index is 452. The van der Waals surface area contributed by atoms with Gasteiger partial charge < -0.3 is 10.2 Å². The first-order valence-electron chi connectivity index (χ1n) is 5.49. The molecular weight excluding hydrogens is 228 g/mol. The maximum atomic E-state index is 11.8. The highest BCUT2D eigenvalue weighted by Crippen LogP contribution is 2.32. The van der Waals surface area contributed by atoms with Crippen LogP contribution in [0.25, 0.3) is 0 Å². The Morgan fingerprint density at radius 3 is 3.00 bits per heavy atom. The van der Waals surface area contributed by atoms with Crippen LogP contribution in [0.4, 0.5) is 0 Å². The first-order chi connectivity index (χ1) is 7.63. The number of oxazole rings is 1. The molecule has 0 aromatic carbocycles. The molecule has 2 rings (SSSR count). The lowest BCUT2D eigenvalue weighted by atomic mass is 10.2. The van der Waals surface area contributed by atoms with Crippen molar-refractivity contribution in [3.63, 3.8) is 0 Å². The molecule has 1 saturated heterocycles. The molecule has 0 saturated carbocycles. The van der Waals surface area contributed by atoms with Crippen LogP contribution in [0.3, 0.4) is 0 Å². The smallest absolute Gasteiger partial charge is 0.212 e. The summed E-state index contributed by atoms with van der Waals surface area (Å²) in [4.78, 5) is 4.19. The summed E-state index contributed by atoms with van der Waals surface area (Å²) in [7, 11) is -3.07. The van der Waals surface area contributed by atoms with Crippen molar-refractivity contribution < 1.29 is 12.8 Å². The van der Waals surface area contributed by atoms with Crippen LogP contribution < -0.4 is 5.73 Å². The van der Waals surface area contributed by atoms with Crippen molar-refractivity contribution in [1.82, 2.24) is 4.98 Å². The number of rotatable bonds is 3. The first-order valence-corrected chi connectivity index (χ1v) is 7.21. The number of sulfone groups is 1. The first kappa shape index (κ1) is 11.6. The van der Waals surface area contributed by atoms with Crippen molar-refractivity contribution in [3.8, 4) is 0 Å². The van der Waals surface area contributed by atoms with Gasteiger partial charge in [-0.2, -0.15) is 0 Å². The molecular formula is C10H16N2O3S. The quantitative estimate of drug-likeness (QED) is 0.850. The van der Waals surface area contributed by atoms with Crippen molar-refractivity contribution in [2.45, 2.75) is 30.9 Å². The summed E-state index contributed by atoms with van der Waals surface area (Å²) in [5.74, 6) is 0.579. The molecule has 1 unspecified atom stereocenters. The predicted octanol–water partition coefficient (Wildman–Crippen LogP) is 0.816. The van der Waals surface area contributed by atoms with Crippen molar-refractivity contribution in [2.75, 3.05) is 12.3 Å². The lowest BCUT2D eigenvalue weighted by molar-refractivity contribution is 0.452. The molecule has 1 aromatic heterocycles. The molecule has 1 aliphatic rings. The maximum absolute atomic E-state index is 11.8. The fourth-order valence-corrected chi connectivity index (χ4v) is 3.80. The molecule has 1 fully saturated rings. The van der Waals surface area contributed by atoms with E-state index in [1.807, 2.05) is 0 Å². The standard InChI is InChI=1S/C10H16N2O3S/c11-5-4-8-7-15-10(12-8)9-3-1-2-6-16(9,13)14/h7,9H,1-6,11H2. The second kappa shape index (κ2) is 4.55. The molecule has 0 aliphatic carbocycles. The van der Waals surface area contributed by atoms with E-state index >= 15 is 0 Å². The van der Waals surface area contributed by atoms with Gasteiger partial charge in [-0.05, 0) is 19.4 Å². The van der Waals surface area contributed by atoms with Gasteiger partial charge in [0.25, 0.3) is 0 Å². The van der Waals surface area contributed by atoms with Gasteiger partial charge in [0.1, 0.15) is 11.5 Å². The Kier molecular flexibility index (Phi) is 3.30. The highest BCUT2D eigenvalue weighted by Gasteiger charge is 2.33. The van der Waals surface area contributed by atoms with Crippen LogP contribution in [0, 0.1) is 0 Å². The Morgan fingerprint density at radius 1 is 1.50 bits per heavy atom. The lowest BCUT2D eigenvalue weighted by Gasteiger charge is -2.18. The van der Waals surface area contributed by atoms with E-state index in [1.54, 1.807) is 0 Å². The number of nitrogens with zero attached hydrogens (tertiary/aromatic N) is 1. The van der Waals surface area contributed by atoms with Crippen LogP contribution in [-0.2, 0) is 16.3 Å². The molecule has 0 amide bonds. The highest BCUT2D eigenvalue weighted by atomic mass is 32.2. The number of hydrogen-bond donors (Lipinski definition) is 1. The zero-order chi connectivity index (χ0) is 11.6. The summed E-state index contributed by atoms with van der Waals surface area (Å²) < 4.78 is 28.9. The summed E-state index contributed by atoms with van der Waals surface area (Å²) in [6.45, 7) is 0.489. The Morgan fingerprint density at radius 2 is 2.31 bits per heavy atom. The summed E-state index contributed by atoms with van der Waals surface area (Å²) in [5.41, 5.74) is 6.14. The van der Waals surface area contributed by atoms with E-state index in [-0.39, 0.29) is 5.75 Å². The van der Waals surface area contributed by atoms with Gasteiger partial charge in [0, 0.05) is 6.42 Å². The summed E-state index contributed by atoms with van der Waals surface area (Å²) in [5, 5.41) is -0.548. The maximum Gasteiger partial charge on any atom is 0.212 e. The Balaban J connectivity index is 2.22.